The molecule has 142 valence electrons. The Hall–Kier alpha value is -2.25. The SMILES string of the molecule is Cc1cc(Cl)ncc1C1=C(CC(C)(C)C(=O)O)c2ncccc2CS1(=O)=O. The quantitative estimate of drug-likeness (QED) is 0.777. The van der Waals surface area contributed by atoms with Crippen molar-refractivity contribution in [2.24, 2.45) is 5.41 Å². The third-order valence-corrected chi connectivity index (χ3v) is 6.61. The molecule has 2 aromatic heterocycles. The van der Waals surface area contributed by atoms with Crippen molar-refractivity contribution in [3.05, 3.63) is 58.1 Å². The first-order valence-electron chi connectivity index (χ1n) is 8.29. The molecule has 1 N–H and O–H groups in total. The van der Waals surface area contributed by atoms with Gasteiger partial charge in [-0.2, -0.15) is 0 Å². The molecule has 0 fully saturated rings. The molecular formula is C19H19ClN2O4S. The zero-order chi connectivity index (χ0) is 20.0. The molecule has 0 atom stereocenters. The van der Waals surface area contributed by atoms with Crippen molar-refractivity contribution in [2.75, 3.05) is 0 Å². The van der Waals surface area contributed by atoms with E-state index in [1.54, 1.807) is 45.2 Å². The Morgan fingerprint density at radius 1 is 1.33 bits per heavy atom. The maximum atomic E-state index is 13.2. The lowest BCUT2D eigenvalue weighted by molar-refractivity contribution is -0.146. The second-order valence-corrected chi connectivity index (χ2v) is 9.58. The van der Waals surface area contributed by atoms with Crippen LogP contribution in [0.5, 0.6) is 0 Å². The molecule has 0 aliphatic carbocycles. The third-order valence-electron chi connectivity index (χ3n) is 4.63. The van der Waals surface area contributed by atoms with Gasteiger partial charge in [-0.3, -0.25) is 9.78 Å². The normalized spacial score (nSPS) is 16.1. The van der Waals surface area contributed by atoms with Crippen molar-refractivity contribution < 1.29 is 18.3 Å². The highest BCUT2D eigenvalue weighted by atomic mass is 35.5. The molecule has 0 saturated carbocycles. The maximum Gasteiger partial charge on any atom is 0.309 e. The highest BCUT2D eigenvalue weighted by molar-refractivity contribution is 8.00. The lowest BCUT2D eigenvalue weighted by Crippen LogP contribution is -2.27. The Bertz CT molecular complexity index is 1070. The highest BCUT2D eigenvalue weighted by Crippen LogP contribution is 2.44. The van der Waals surface area contributed by atoms with Gasteiger partial charge in [0.15, 0.2) is 9.84 Å². The van der Waals surface area contributed by atoms with Crippen LogP contribution in [0, 0.1) is 12.3 Å². The van der Waals surface area contributed by atoms with Crippen LogP contribution in [0.3, 0.4) is 0 Å². The Balaban J connectivity index is 2.37. The molecule has 6 nitrogen and oxygen atoms in total. The summed E-state index contributed by atoms with van der Waals surface area (Å²) in [7, 11) is -3.71. The van der Waals surface area contributed by atoms with Crippen molar-refractivity contribution >= 4 is 37.9 Å². The molecule has 0 radical (unpaired) electrons. The van der Waals surface area contributed by atoms with Gasteiger partial charge in [-0.25, -0.2) is 13.4 Å². The van der Waals surface area contributed by atoms with E-state index in [0.717, 1.165) is 0 Å². The number of carboxylic acid groups (broad SMARTS) is 1. The second kappa shape index (κ2) is 6.73. The van der Waals surface area contributed by atoms with Crippen molar-refractivity contribution in [3.63, 3.8) is 0 Å². The Morgan fingerprint density at radius 2 is 2.04 bits per heavy atom. The van der Waals surface area contributed by atoms with Gasteiger partial charge in [0, 0.05) is 18.0 Å². The number of fused-ring (bicyclic) bond motifs is 1. The standard InChI is InChI=1S/C19H19ClN2O4S/c1-11-7-15(20)22-9-14(11)17-13(8-19(2,3)18(23)24)16-12(5-4-6-21-16)10-27(17,25)26/h4-7,9H,8,10H2,1-3H3,(H,23,24). The van der Waals surface area contributed by atoms with Crippen LogP contribution in [0.1, 0.15) is 42.7 Å². The summed E-state index contributed by atoms with van der Waals surface area (Å²) in [6.45, 7) is 4.88. The van der Waals surface area contributed by atoms with Crippen LogP contribution in [0.4, 0.5) is 0 Å². The molecule has 0 amide bonds. The molecule has 0 saturated heterocycles. The number of aromatic nitrogens is 2. The van der Waals surface area contributed by atoms with E-state index in [-0.39, 0.29) is 22.2 Å². The lowest BCUT2D eigenvalue weighted by Gasteiger charge is -2.28. The molecule has 0 bridgehead atoms. The van der Waals surface area contributed by atoms with Gasteiger partial charge >= 0.3 is 5.97 Å². The number of carbonyl (C=O) groups is 1. The molecule has 8 heteroatoms. The Kier molecular flexibility index (Phi) is 4.86. The van der Waals surface area contributed by atoms with Crippen LogP contribution >= 0.6 is 11.6 Å². The highest BCUT2D eigenvalue weighted by Gasteiger charge is 2.38. The van der Waals surface area contributed by atoms with E-state index >= 15 is 0 Å². The number of sulfone groups is 1. The molecule has 0 aromatic carbocycles. The maximum absolute atomic E-state index is 13.2. The number of pyridine rings is 2. The summed E-state index contributed by atoms with van der Waals surface area (Å²) in [5.41, 5.74) is 1.39. The third kappa shape index (κ3) is 3.61. The van der Waals surface area contributed by atoms with Crippen molar-refractivity contribution in [1.29, 1.82) is 0 Å². The fourth-order valence-electron chi connectivity index (χ4n) is 3.17. The average molecular weight is 407 g/mol. The second-order valence-electron chi connectivity index (χ2n) is 7.27. The first-order valence-corrected chi connectivity index (χ1v) is 10.3. The number of rotatable bonds is 4. The van der Waals surface area contributed by atoms with E-state index in [0.29, 0.717) is 28.0 Å². The molecule has 0 unspecified atom stereocenters. The number of aliphatic carboxylic acids is 1. The first-order chi connectivity index (χ1) is 12.5. The molecule has 1 aliphatic rings. The van der Waals surface area contributed by atoms with Gasteiger partial charge in [-0.1, -0.05) is 17.7 Å². The smallest absolute Gasteiger partial charge is 0.309 e. The molecule has 27 heavy (non-hydrogen) atoms. The summed E-state index contributed by atoms with van der Waals surface area (Å²) in [6.07, 6.45) is 3.02. The minimum absolute atomic E-state index is 0.0168. The summed E-state index contributed by atoms with van der Waals surface area (Å²) in [5, 5.41) is 9.84. The van der Waals surface area contributed by atoms with Gasteiger partial charge in [0.25, 0.3) is 0 Å². The van der Waals surface area contributed by atoms with E-state index in [1.165, 1.54) is 6.20 Å². The molecular weight excluding hydrogens is 388 g/mol. The molecule has 3 heterocycles. The number of halogens is 1. The fourth-order valence-corrected chi connectivity index (χ4v) is 5.26. The van der Waals surface area contributed by atoms with Crippen molar-refractivity contribution in [2.45, 2.75) is 32.9 Å². The summed E-state index contributed by atoms with van der Waals surface area (Å²) in [6, 6.07) is 4.97. The zero-order valence-corrected chi connectivity index (χ0v) is 16.7. The minimum Gasteiger partial charge on any atom is -0.481 e. The van der Waals surface area contributed by atoms with E-state index in [9.17, 15) is 18.3 Å². The largest absolute Gasteiger partial charge is 0.481 e. The van der Waals surface area contributed by atoms with Crippen LogP contribution < -0.4 is 0 Å². The molecule has 3 rings (SSSR count). The predicted molar refractivity (Wildman–Crippen MR) is 104 cm³/mol. The van der Waals surface area contributed by atoms with E-state index in [4.69, 9.17) is 11.6 Å². The van der Waals surface area contributed by atoms with Crippen LogP contribution in [0.15, 0.2) is 30.6 Å². The molecule has 0 spiro atoms. The summed E-state index contributed by atoms with van der Waals surface area (Å²) < 4.78 is 26.3. The van der Waals surface area contributed by atoms with Gasteiger partial charge in [0.1, 0.15) is 5.15 Å². The van der Waals surface area contributed by atoms with Gasteiger partial charge in [0.05, 0.1) is 21.8 Å². The van der Waals surface area contributed by atoms with E-state index in [2.05, 4.69) is 9.97 Å². The fraction of sp³-hybridized carbons (Fsp3) is 0.316. The van der Waals surface area contributed by atoms with E-state index < -0.39 is 21.2 Å². The zero-order valence-electron chi connectivity index (χ0n) is 15.2. The number of hydrogen-bond acceptors (Lipinski definition) is 5. The van der Waals surface area contributed by atoms with Crippen molar-refractivity contribution in [3.8, 4) is 0 Å². The topological polar surface area (TPSA) is 97.2 Å². The Labute approximate surface area is 162 Å². The average Bonchev–Trinajstić information content (AvgIpc) is 2.55. The van der Waals surface area contributed by atoms with Gasteiger partial charge in [0.2, 0.25) is 0 Å². The summed E-state index contributed by atoms with van der Waals surface area (Å²) in [4.78, 5) is 20.2. The van der Waals surface area contributed by atoms with Crippen LogP contribution in [0.25, 0.3) is 10.5 Å². The van der Waals surface area contributed by atoms with E-state index in [1.807, 2.05) is 0 Å². The Morgan fingerprint density at radius 3 is 2.67 bits per heavy atom. The summed E-state index contributed by atoms with van der Waals surface area (Å²) in [5.74, 6) is -1.20. The molecule has 1 aliphatic heterocycles. The van der Waals surface area contributed by atoms with Crippen LogP contribution in [0.2, 0.25) is 5.15 Å². The lowest BCUT2D eigenvalue weighted by atomic mass is 9.83. The van der Waals surface area contributed by atoms with Gasteiger partial charge in [-0.15, -0.1) is 0 Å². The van der Waals surface area contributed by atoms with Crippen LogP contribution in [-0.2, 0) is 20.4 Å². The predicted octanol–water partition coefficient (Wildman–Crippen LogP) is 3.74. The van der Waals surface area contributed by atoms with Crippen LogP contribution in [-0.4, -0.2) is 29.5 Å². The minimum atomic E-state index is -3.71. The number of allylic oxidation sites excluding steroid dienone is 1. The van der Waals surface area contributed by atoms with Crippen molar-refractivity contribution in [1.82, 2.24) is 9.97 Å². The first kappa shape index (κ1) is 19.5. The number of nitrogens with zero attached hydrogens (tertiary/aromatic N) is 2. The number of carboxylic acids is 1. The monoisotopic (exact) mass is 406 g/mol. The number of hydrogen-bond donors (Lipinski definition) is 1. The molecule has 2 aromatic rings. The van der Waals surface area contributed by atoms with Gasteiger partial charge < -0.3 is 5.11 Å². The van der Waals surface area contributed by atoms with Gasteiger partial charge in [-0.05, 0) is 56.0 Å². The number of aryl methyl sites for hydroxylation is 1. The summed E-state index contributed by atoms with van der Waals surface area (Å²) >= 11 is 5.93.